The highest BCUT2D eigenvalue weighted by molar-refractivity contribution is 6.30. The number of hydrogen-bond donors (Lipinski definition) is 0. The second-order valence-corrected chi connectivity index (χ2v) is 7.72. The van der Waals surface area contributed by atoms with Crippen molar-refractivity contribution in [1.29, 1.82) is 0 Å². The molecular formula is C21H23ClN4O2. The van der Waals surface area contributed by atoms with Gasteiger partial charge in [0, 0.05) is 24.2 Å². The van der Waals surface area contributed by atoms with E-state index in [4.69, 9.17) is 16.0 Å². The van der Waals surface area contributed by atoms with Gasteiger partial charge in [-0.15, -0.1) is 0 Å². The van der Waals surface area contributed by atoms with Crippen LogP contribution in [0.25, 0.3) is 0 Å². The number of benzene rings is 1. The molecule has 0 bridgehead atoms. The summed E-state index contributed by atoms with van der Waals surface area (Å²) >= 11 is 5.95. The minimum atomic E-state index is -0.114. The first-order valence-electron chi connectivity index (χ1n) is 9.56. The molecule has 0 radical (unpaired) electrons. The van der Waals surface area contributed by atoms with Gasteiger partial charge in [-0.3, -0.25) is 9.48 Å². The molecule has 0 N–H and O–H groups in total. The summed E-state index contributed by atoms with van der Waals surface area (Å²) in [6.45, 7) is 2.92. The first-order valence-corrected chi connectivity index (χ1v) is 9.94. The van der Waals surface area contributed by atoms with Gasteiger partial charge in [0.05, 0.1) is 12.4 Å². The molecule has 1 aliphatic rings. The molecule has 2 aromatic heterocycles. The third-order valence-corrected chi connectivity index (χ3v) is 5.28. The van der Waals surface area contributed by atoms with E-state index < -0.39 is 0 Å². The number of amides is 1. The third-order valence-electron chi connectivity index (χ3n) is 5.03. The highest BCUT2D eigenvalue weighted by Crippen LogP contribution is 2.31. The van der Waals surface area contributed by atoms with Crippen LogP contribution in [0.1, 0.15) is 48.1 Å². The SMILES string of the molecule is Cc1cnn(CC(=O)N2CCCCC2c2ncc(Cc3ccc(Cl)cc3)o2)c1. The molecule has 1 unspecified atom stereocenters. The van der Waals surface area contributed by atoms with Gasteiger partial charge in [0.2, 0.25) is 11.8 Å². The molecule has 0 aliphatic carbocycles. The average molecular weight is 399 g/mol. The Morgan fingerprint density at radius 1 is 1.25 bits per heavy atom. The Bertz CT molecular complexity index is 947. The Morgan fingerprint density at radius 3 is 2.82 bits per heavy atom. The van der Waals surface area contributed by atoms with Crippen molar-refractivity contribution in [2.24, 2.45) is 0 Å². The molecule has 7 heteroatoms. The third kappa shape index (κ3) is 4.28. The van der Waals surface area contributed by atoms with Gasteiger partial charge in [-0.25, -0.2) is 4.98 Å². The number of carbonyl (C=O) groups excluding carboxylic acids is 1. The Hall–Kier alpha value is -2.60. The minimum Gasteiger partial charge on any atom is -0.443 e. The molecule has 4 rings (SSSR count). The summed E-state index contributed by atoms with van der Waals surface area (Å²) in [5.74, 6) is 1.46. The topological polar surface area (TPSA) is 64.2 Å². The maximum Gasteiger partial charge on any atom is 0.244 e. The van der Waals surface area contributed by atoms with E-state index in [1.807, 2.05) is 42.3 Å². The Morgan fingerprint density at radius 2 is 2.07 bits per heavy atom. The monoisotopic (exact) mass is 398 g/mol. The van der Waals surface area contributed by atoms with Crippen molar-refractivity contribution < 1.29 is 9.21 Å². The van der Waals surface area contributed by atoms with Crippen LogP contribution in [0.3, 0.4) is 0 Å². The highest BCUT2D eigenvalue weighted by atomic mass is 35.5. The van der Waals surface area contributed by atoms with Gasteiger partial charge in [0.15, 0.2) is 0 Å². The number of halogens is 1. The number of piperidine rings is 1. The minimum absolute atomic E-state index is 0.0465. The van der Waals surface area contributed by atoms with E-state index >= 15 is 0 Å². The molecule has 1 aromatic carbocycles. The molecule has 3 aromatic rings. The largest absolute Gasteiger partial charge is 0.443 e. The lowest BCUT2D eigenvalue weighted by Gasteiger charge is -2.33. The van der Waals surface area contributed by atoms with Crippen LogP contribution in [0.15, 0.2) is 47.3 Å². The first-order chi connectivity index (χ1) is 13.6. The van der Waals surface area contributed by atoms with Crippen molar-refractivity contribution in [2.75, 3.05) is 6.54 Å². The highest BCUT2D eigenvalue weighted by Gasteiger charge is 2.31. The second-order valence-electron chi connectivity index (χ2n) is 7.28. The summed E-state index contributed by atoms with van der Waals surface area (Å²) in [7, 11) is 0. The fourth-order valence-corrected chi connectivity index (χ4v) is 3.76. The fraction of sp³-hybridized carbons (Fsp3) is 0.381. The summed E-state index contributed by atoms with van der Waals surface area (Å²) in [6, 6.07) is 7.58. The van der Waals surface area contributed by atoms with E-state index in [-0.39, 0.29) is 18.5 Å². The molecule has 1 aliphatic heterocycles. The summed E-state index contributed by atoms with van der Waals surface area (Å²) in [5.41, 5.74) is 2.15. The lowest BCUT2D eigenvalue weighted by Crippen LogP contribution is -2.40. The summed E-state index contributed by atoms with van der Waals surface area (Å²) in [4.78, 5) is 19.2. The van der Waals surface area contributed by atoms with Crippen LogP contribution in [0.5, 0.6) is 0 Å². The number of carbonyl (C=O) groups is 1. The maximum atomic E-state index is 12.9. The summed E-state index contributed by atoms with van der Waals surface area (Å²) in [5, 5.41) is 4.94. The van der Waals surface area contributed by atoms with Gasteiger partial charge in [-0.1, -0.05) is 23.7 Å². The molecule has 1 fully saturated rings. The molecule has 0 spiro atoms. The Balaban J connectivity index is 1.47. The van der Waals surface area contributed by atoms with Crippen LogP contribution < -0.4 is 0 Å². The predicted octanol–water partition coefficient (Wildman–Crippen LogP) is 4.18. The van der Waals surface area contributed by atoms with Crippen molar-refractivity contribution >= 4 is 17.5 Å². The van der Waals surface area contributed by atoms with E-state index in [0.29, 0.717) is 17.3 Å². The van der Waals surface area contributed by atoms with E-state index in [9.17, 15) is 4.79 Å². The quantitative estimate of drug-likeness (QED) is 0.646. The van der Waals surface area contributed by atoms with E-state index in [0.717, 1.165) is 42.7 Å². The van der Waals surface area contributed by atoms with Crippen molar-refractivity contribution in [2.45, 2.75) is 45.2 Å². The van der Waals surface area contributed by atoms with Crippen LogP contribution in [-0.4, -0.2) is 32.1 Å². The molecular weight excluding hydrogens is 376 g/mol. The number of likely N-dealkylation sites (tertiary alicyclic amines) is 1. The molecule has 0 saturated carbocycles. The van der Waals surface area contributed by atoms with Crippen LogP contribution in [-0.2, 0) is 17.8 Å². The number of nitrogens with zero attached hydrogens (tertiary/aromatic N) is 4. The van der Waals surface area contributed by atoms with E-state index in [1.54, 1.807) is 17.1 Å². The zero-order valence-corrected chi connectivity index (χ0v) is 16.6. The number of hydrogen-bond acceptors (Lipinski definition) is 4. The van der Waals surface area contributed by atoms with Crippen molar-refractivity contribution in [3.63, 3.8) is 0 Å². The lowest BCUT2D eigenvalue weighted by molar-refractivity contribution is -0.136. The molecule has 1 atom stereocenters. The summed E-state index contributed by atoms with van der Waals surface area (Å²) in [6.07, 6.45) is 8.98. The van der Waals surface area contributed by atoms with Crippen LogP contribution in [0.2, 0.25) is 5.02 Å². The summed E-state index contributed by atoms with van der Waals surface area (Å²) < 4.78 is 7.72. The van der Waals surface area contributed by atoms with E-state index in [1.165, 1.54) is 0 Å². The van der Waals surface area contributed by atoms with Gasteiger partial charge in [0.1, 0.15) is 18.3 Å². The number of aromatic nitrogens is 3. The van der Waals surface area contributed by atoms with E-state index in [2.05, 4.69) is 10.1 Å². The fourth-order valence-electron chi connectivity index (χ4n) is 3.63. The molecule has 146 valence electrons. The predicted molar refractivity (Wildman–Crippen MR) is 106 cm³/mol. The molecule has 3 heterocycles. The molecule has 6 nitrogen and oxygen atoms in total. The van der Waals surface area contributed by atoms with Crippen LogP contribution in [0, 0.1) is 6.92 Å². The standard InChI is InChI=1S/C21H23ClN4O2/c1-15-11-24-25(13-15)14-20(27)26-9-3-2-4-19(26)21-23-12-18(28-21)10-16-5-7-17(22)8-6-16/h5-8,11-13,19H,2-4,9-10,14H2,1H3. The first kappa shape index (κ1) is 18.7. The molecule has 1 amide bonds. The van der Waals surface area contributed by atoms with Gasteiger partial charge in [0.25, 0.3) is 0 Å². The second kappa shape index (κ2) is 8.19. The smallest absolute Gasteiger partial charge is 0.244 e. The number of aryl methyl sites for hydroxylation is 1. The number of rotatable bonds is 5. The van der Waals surface area contributed by atoms with Gasteiger partial charge in [-0.05, 0) is 49.4 Å². The van der Waals surface area contributed by atoms with Crippen LogP contribution in [0.4, 0.5) is 0 Å². The average Bonchev–Trinajstić information content (AvgIpc) is 3.32. The zero-order valence-electron chi connectivity index (χ0n) is 15.8. The zero-order chi connectivity index (χ0) is 19.5. The van der Waals surface area contributed by atoms with Gasteiger partial charge < -0.3 is 9.32 Å². The van der Waals surface area contributed by atoms with Crippen molar-refractivity contribution in [3.8, 4) is 0 Å². The lowest BCUT2D eigenvalue weighted by atomic mass is 10.0. The molecule has 28 heavy (non-hydrogen) atoms. The maximum absolute atomic E-state index is 12.9. The molecule has 1 saturated heterocycles. The Kier molecular flexibility index (Phi) is 5.48. The van der Waals surface area contributed by atoms with Crippen molar-refractivity contribution in [3.05, 3.63) is 70.7 Å². The van der Waals surface area contributed by atoms with Crippen molar-refractivity contribution in [1.82, 2.24) is 19.7 Å². The Labute approximate surface area is 169 Å². The normalized spacial score (nSPS) is 17.1. The van der Waals surface area contributed by atoms with Crippen LogP contribution >= 0.6 is 11.6 Å². The number of oxazole rings is 1. The van der Waals surface area contributed by atoms with Gasteiger partial charge >= 0.3 is 0 Å². The van der Waals surface area contributed by atoms with Gasteiger partial charge in [-0.2, -0.15) is 5.10 Å².